The molecule has 0 radical (unpaired) electrons. The molecule has 1 N–H and O–H groups in total. The van der Waals surface area contributed by atoms with Gasteiger partial charge in [0.1, 0.15) is 5.75 Å². The van der Waals surface area contributed by atoms with Crippen molar-refractivity contribution in [3.63, 3.8) is 0 Å². The first-order valence-electron chi connectivity index (χ1n) is 10.6. The zero-order valence-corrected chi connectivity index (χ0v) is 19.7. The lowest BCUT2D eigenvalue weighted by Crippen LogP contribution is -2.45. The number of rotatable bonds is 9. The fourth-order valence-electron chi connectivity index (χ4n) is 3.87. The molecule has 2 aromatic carbocycles. The number of nitrogens with zero attached hydrogens (tertiary/aromatic N) is 1. The monoisotopic (exact) mass is 462 g/mol. The van der Waals surface area contributed by atoms with Crippen LogP contribution in [0.3, 0.4) is 0 Å². The van der Waals surface area contributed by atoms with Gasteiger partial charge < -0.3 is 10.1 Å². The number of carbonyl (C=O) groups is 1. The largest absolute Gasteiger partial charge is 0.494 e. The number of ether oxygens (including phenoxy) is 1. The number of para-hydroxylation sites is 1. The minimum atomic E-state index is -3.82. The Morgan fingerprint density at radius 3 is 2.42 bits per heavy atom. The van der Waals surface area contributed by atoms with E-state index in [0.29, 0.717) is 18.0 Å². The van der Waals surface area contributed by atoms with Crippen LogP contribution in [0.2, 0.25) is 0 Å². The van der Waals surface area contributed by atoms with Gasteiger partial charge in [-0.3, -0.25) is 4.79 Å². The minimum absolute atomic E-state index is 0.174. The van der Waals surface area contributed by atoms with Gasteiger partial charge in [0.25, 0.3) is 0 Å². The van der Waals surface area contributed by atoms with Crippen molar-refractivity contribution in [2.24, 2.45) is 0 Å². The maximum Gasteiger partial charge on any atom is 0.243 e. The van der Waals surface area contributed by atoms with E-state index in [-0.39, 0.29) is 23.4 Å². The van der Waals surface area contributed by atoms with Crippen molar-refractivity contribution in [2.75, 3.05) is 24.7 Å². The molecule has 8 heteroatoms. The molecular weight excluding hydrogens is 432 g/mol. The Morgan fingerprint density at radius 2 is 1.77 bits per heavy atom. The number of nitrogens with one attached hydrogen (secondary N) is 1. The summed E-state index contributed by atoms with van der Waals surface area (Å²) in [4.78, 5) is 14.0. The highest BCUT2D eigenvalue weighted by Gasteiger charge is 2.34. The number of carbonyl (C=O) groups excluding carboxylic acids is 1. The van der Waals surface area contributed by atoms with Crippen LogP contribution in [0.4, 0.5) is 5.69 Å². The third kappa shape index (κ3) is 6.02. The number of hydrogen-bond acceptors (Lipinski definition) is 5. The molecule has 0 spiro atoms. The molecule has 168 valence electrons. The number of hydrogen-bond donors (Lipinski definition) is 1. The molecule has 3 rings (SSSR count). The topological polar surface area (TPSA) is 75.7 Å². The van der Waals surface area contributed by atoms with E-state index in [0.717, 1.165) is 37.0 Å². The molecule has 0 bridgehead atoms. The van der Waals surface area contributed by atoms with Crippen LogP contribution < -0.4 is 10.1 Å². The van der Waals surface area contributed by atoms with E-state index in [1.807, 2.05) is 37.4 Å². The number of thioether (sulfide) groups is 1. The first-order chi connectivity index (χ1) is 15.0. The molecule has 0 aliphatic heterocycles. The first-order valence-corrected chi connectivity index (χ1v) is 13.3. The van der Waals surface area contributed by atoms with Crippen molar-refractivity contribution in [1.82, 2.24) is 4.31 Å². The second-order valence-electron chi connectivity index (χ2n) is 7.49. The van der Waals surface area contributed by atoms with Gasteiger partial charge in [-0.2, -0.15) is 4.31 Å². The normalized spacial score (nSPS) is 15.1. The van der Waals surface area contributed by atoms with Crippen molar-refractivity contribution in [3.8, 4) is 5.75 Å². The standard InChI is InChI=1S/C23H30N2O4S2/c1-3-29-19-13-15-20(16-14-19)31(27,28)25(18-9-5-4-6-10-18)17-23(26)24-21-11-7-8-12-22(21)30-2/h7-8,11-16,18H,3-6,9-10,17H2,1-2H3,(H,24,26). The fourth-order valence-corrected chi connectivity index (χ4v) is 6.06. The number of sulfonamides is 1. The average Bonchev–Trinajstić information content (AvgIpc) is 2.79. The summed E-state index contributed by atoms with van der Waals surface area (Å²) < 4.78 is 33.8. The van der Waals surface area contributed by atoms with Crippen LogP contribution in [0.1, 0.15) is 39.0 Å². The molecule has 1 aliphatic carbocycles. The van der Waals surface area contributed by atoms with Crippen LogP contribution in [-0.4, -0.2) is 44.1 Å². The van der Waals surface area contributed by atoms with Crippen LogP contribution in [0.15, 0.2) is 58.3 Å². The number of anilines is 1. The predicted octanol–water partition coefficient (Wildman–Crippen LogP) is 4.77. The van der Waals surface area contributed by atoms with Crippen LogP contribution in [0.25, 0.3) is 0 Å². The highest BCUT2D eigenvalue weighted by atomic mass is 32.2. The Bertz CT molecular complexity index is 971. The van der Waals surface area contributed by atoms with Gasteiger partial charge >= 0.3 is 0 Å². The second kappa shape index (κ2) is 11.0. The Kier molecular flexibility index (Phi) is 8.40. The van der Waals surface area contributed by atoms with Crippen molar-refractivity contribution < 1.29 is 17.9 Å². The van der Waals surface area contributed by atoms with E-state index in [9.17, 15) is 13.2 Å². The van der Waals surface area contributed by atoms with E-state index in [2.05, 4.69) is 5.32 Å². The summed E-state index contributed by atoms with van der Waals surface area (Å²) in [6.07, 6.45) is 6.51. The summed E-state index contributed by atoms with van der Waals surface area (Å²) in [6, 6.07) is 13.8. The summed E-state index contributed by atoms with van der Waals surface area (Å²) in [5, 5.41) is 2.89. The molecule has 2 aromatic rings. The van der Waals surface area contributed by atoms with Gasteiger partial charge in [-0.15, -0.1) is 11.8 Å². The molecule has 0 atom stereocenters. The lowest BCUT2D eigenvalue weighted by molar-refractivity contribution is -0.116. The lowest BCUT2D eigenvalue weighted by Gasteiger charge is -2.33. The van der Waals surface area contributed by atoms with Gasteiger partial charge in [0.05, 0.1) is 23.7 Å². The minimum Gasteiger partial charge on any atom is -0.494 e. The third-order valence-electron chi connectivity index (χ3n) is 5.40. The molecule has 0 saturated heterocycles. The molecule has 0 heterocycles. The van der Waals surface area contributed by atoms with E-state index >= 15 is 0 Å². The van der Waals surface area contributed by atoms with Crippen molar-refractivity contribution >= 4 is 33.4 Å². The second-order valence-corrected chi connectivity index (χ2v) is 10.2. The Balaban J connectivity index is 1.84. The molecular formula is C23H30N2O4S2. The summed E-state index contributed by atoms with van der Waals surface area (Å²) in [6.45, 7) is 2.18. The molecule has 1 amide bonds. The van der Waals surface area contributed by atoms with Crippen LogP contribution in [0.5, 0.6) is 5.75 Å². The first kappa shape index (κ1) is 23.6. The molecule has 1 fully saturated rings. The Hall–Kier alpha value is -2.03. The molecule has 0 aromatic heterocycles. The van der Waals surface area contributed by atoms with Crippen molar-refractivity contribution in [3.05, 3.63) is 48.5 Å². The SMILES string of the molecule is CCOc1ccc(S(=O)(=O)N(CC(=O)Nc2ccccc2SC)C2CCCCC2)cc1. The van der Waals surface area contributed by atoms with E-state index < -0.39 is 10.0 Å². The van der Waals surface area contributed by atoms with E-state index in [1.54, 1.807) is 24.3 Å². The number of benzene rings is 2. The Labute approximate surface area is 189 Å². The highest BCUT2D eigenvalue weighted by Crippen LogP contribution is 2.29. The van der Waals surface area contributed by atoms with Gasteiger partial charge in [0.15, 0.2) is 0 Å². The fraction of sp³-hybridized carbons (Fsp3) is 0.435. The van der Waals surface area contributed by atoms with Gasteiger partial charge in [0, 0.05) is 10.9 Å². The lowest BCUT2D eigenvalue weighted by atomic mass is 9.95. The quantitative estimate of drug-likeness (QED) is 0.543. The highest BCUT2D eigenvalue weighted by molar-refractivity contribution is 7.98. The van der Waals surface area contributed by atoms with Crippen molar-refractivity contribution in [1.29, 1.82) is 0 Å². The molecule has 1 saturated carbocycles. The van der Waals surface area contributed by atoms with E-state index in [4.69, 9.17) is 4.74 Å². The molecule has 0 unspecified atom stereocenters. The van der Waals surface area contributed by atoms with Gasteiger partial charge in [-0.1, -0.05) is 31.4 Å². The van der Waals surface area contributed by atoms with Crippen LogP contribution in [0, 0.1) is 0 Å². The van der Waals surface area contributed by atoms with Crippen LogP contribution >= 0.6 is 11.8 Å². The maximum atomic E-state index is 13.5. The summed E-state index contributed by atoms with van der Waals surface area (Å²) in [7, 11) is -3.82. The van der Waals surface area contributed by atoms with E-state index in [1.165, 1.54) is 16.1 Å². The summed E-state index contributed by atoms with van der Waals surface area (Å²) >= 11 is 1.53. The van der Waals surface area contributed by atoms with Gasteiger partial charge in [-0.05, 0) is 62.4 Å². The maximum absolute atomic E-state index is 13.5. The smallest absolute Gasteiger partial charge is 0.243 e. The van der Waals surface area contributed by atoms with Gasteiger partial charge in [0.2, 0.25) is 15.9 Å². The molecule has 31 heavy (non-hydrogen) atoms. The summed E-state index contributed by atoms with van der Waals surface area (Å²) in [5.74, 6) is 0.290. The van der Waals surface area contributed by atoms with Crippen LogP contribution in [-0.2, 0) is 14.8 Å². The predicted molar refractivity (Wildman–Crippen MR) is 125 cm³/mol. The summed E-state index contributed by atoms with van der Waals surface area (Å²) in [5.41, 5.74) is 0.696. The molecule has 1 aliphatic rings. The third-order valence-corrected chi connectivity index (χ3v) is 8.11. The zero-order valence-electron chi connectivity index (χ0n) is 18.0. The number of amides is 1. The van der Waals surface area contributed by atoms with Crippen molar-refractivity contribution in [2.45, 2.75) is 54.9 Å². The Morgan fingerprint density at radius 1 is 1.10 bits per heavy atom. The van der Waals surface area contributed by atoms with Gasteiger partial charge in [-0.25, -0.2) is 8.42 Å². The molecule has 6 nitrogen and oxygen atoms in total. The zero-order chi connectivity index (χ0) is 22.3. The average molecular weight is 463 g/mol.